The Morgan fingerprint density at radius 1 is 1.14 bits per heavy atom. The van der Waals surface area contributed by atoms with Crippen molar-refractivity contribution < 1.29 is 0 Å². The van der Waals surface area contributed by atoms with E-state index in [4.69, 9.17) is 4.99 Å². The molecule has 0 aromatic carbocycles. The lowest BCUT2D eigenvalue weighted by atomic mass is 9.92. The zero-order chi connectivity index (χ0) is 20.5. The number of rotatable bonds is 8. The Hall–Kier alpha value is -2.19. The highest BCUT2D eigenvalue weighted by Gasteiger charge is 2.22. The second kappa shape index (κ2) is 10.5. The van der Waals surface area contributed by atoms with E-state index < -0.39 is 0 Å². The number of hydrogen-bond acceptors (Lipinski definition) is 6. The van der Waals surface area contributed by atoms with Gasteiger partial charge in [0.1, 0.15) is 0 Å². The average Bonchev–Trinajstić information content (AvgIpc) is 3.29. The van der Waals surface area contributed by atoms with Gasteiger partial charge >= 0.3 is 0 Å². The second-order valence-corrected chi connectivity index (χ2v) is 8.81. The Kier molecular flexibility index (Phi) is 7.83. The van der Waals surface area contributed by atoms with Crippen LogP contribution in [0.4, 0.5) is 5.95 Å². The first-order valence-corrected chi connectivity index (χ1v) is 11.3. The Morgan fingerprint density at radius 2 is 1.90 bits per heavy atom. The van der Waals surface area contributed by atoms with Crippen LogP contribution in [-0.2, 0) is 5.41 Å². The Balaban J connectivity index is 1.43. The van der Waals surface area contributed by atoms with Crippen molar-refractivity contribution in [3.63, 3.8) is 0 Å². The molecule has 1 aliphatic rings. The van der Waals surface area contributed by atoms with Gasteiger partial charge in [-0.25, -0.2) is 9.97 Å². The highest BCUT2D eigenvalue weighted by molar-refractivity contribution is 7.10. The highest BCUT2D eigenvalue weighted by atomic mass is 32.1. The molecular formula is C21H33N7S. The van der Waals surface area contributed by atoms with E-state index in [0.29, 0.717) is 0 Å². The van der Waals surface area contributed by atoms with Crippen LogP contribution in [0, 0.1) is 0 Å². The van der Waals surface area contributed by atoms with Crippen molar-refractivity contribution in [1.82, 2.24) is 25.5 Å². The van der Waals surface area contributed by atoms with Gasteiger partial charge in [0.05, 0.1) is 6.54 Å². The number of piperazine rings is 1. The maximum atomic E-state index is 4.83. The van der Waals surface area contributed by atoms with Crippen LogP contribution in [0.3, 0.4) is 0 Å². The van der Waals surface area contributed by atoms with E-state index in [1.54, 1.807) is 23.7 Å². The average molecular weight is 416 g/mol. The van der Waals surface area contributed by atoms with E-state index in [9.17, 15) is 0 Å². The number of guanidine groups is 1. The summed E-state index contributed by atoms with van der Waals surface area (Å²) in [6.07, 6.45) is 3.61. The minimum Gasteiger partial charge on any atom is -0.357 e. The summed E-state index contributed by atoms with van der Waals surface area (Å²) in [5.74, 6) is 1.73. The molecule has 0 atom stereocenters. The summed E-state index contributed by atoms with van der Waals surface area (Å²) >= 11 is 1.80. The Morgan fingerprint density at radius 3 is 2.55 bits per heavy atom. The predicted octanol–water partition coefficient (Wildman–Crippen LogP) is 2.19. The number of thiophene rings is 1. The van der Waals surface area contributed by atoms with E-state index in [-0.39, 0.29) is 5.41 Å². The first-order valence-electron chi connectivity index (χ1n) is 10.4. The third-order valence-electron chi connectivity index (χ3n) is 5.09. The second-order valence-electron chi connectivity index (χ2n) is 7.86. The van der Waals surface area contributed by atoms with Gasteiger partial charge in [-0.05, 0) is 24.4 Å². The van der Waals surface area contributed by atoms with Crippen LogP contribution in [0.25, 0.3) is 0 Å². The quantitative estimate of drug-likeness (QED) is 0.509. The lowest BCUT2D eigenvalue weighted by Crippen LogP contribution is -2.49. The molecule has 0 aliphatic carbocycles. The standard InChI is InChI=1S/C21H33N7S/c1-4-22-19(26-17-21(2,3)18-7-5-16-29-18)23-10-11-27-12-14-28(15-13-27)20-24-8-6-9-25-20/h5-9,16H,4,10-15,17H2,1-3H3,(H2,22,23,26). The molecule has 0 saturated carbocycles. The first kappa shape index (κ1) is 21.5. The molecule has 7 nitrogen and oxygen atoms in total. The summed E-state index contributed by atoms with van der Waals surface area (Å²) in [7, 11) is 0. The number of aromatic nitrogens is 2. The van der Waals surface area contributed by atoms with E-state index in [1.807, 2.05) is 6.07 Å². The molecule has 1 fully saturated rings. The maximum absolute atomic E-state index is 4.83. The summed E-state index contributed by atoms with van der Waals surface area (Å²) in [4.78, 5) is 19.6. The normalized spacial score (nSPS) is 16.1. The van der Waals surface area contributed by atoms with Gasteiger partial charge in [0, 0.05) is 68.5 Å². The van der Waals surface area contributed by atoms with Gasteiger partial charge in [0.2, 0.25) is 5.95 Å². The lowest BCUT2D eigenvalue weighted by Gasteiger charge is -2.34. The fourth-order valence-electron chi connectivity index (χ4n) is 3.32. The third kappa shape index (κ3) is 6.40. The van der Waals surface area contributed by atoms with E-state index >= 15 is 0 Å². The number of anilines is 1. The number of nitrogens with one attached hydrogen (secondary N) is 2. The molecule has 0 amide bonds. The van der Waals surface area contributed by atoms with Crippen LogP contribution < -0.4 is 15.5 Å². The first-order chi connectivity index (χ1) is 14.1. The van der Waals surface area contributed by atoms with Crippen molar-refractivity contribution in [2.45, 2.75) is 26.2 Å². The largest absolute Gasteiger partial charge is 0.357 e. The zero-order valence-electron chi connectivity index (χ0n) is 17.8. The van der Waals surface area contributed by atoms with Crippen molar-refractivity contribution in [3.8, 4) is 0 Å². The summed E-state index contributed by atoms with van der Waals surface area (Å²) < 4.78 is 0. The predicted molar refractivity (Wildman–Crippen MR) is 122 cm³/mol. The lowest BCUT2D eigenvalue weighted by molar-refractivity contribution is 0.260. The van der Waals surface area contributed by atoms with Crippen molar-refractivity contribution in [3.05, 3.63) is 40.8 Å². The molecular weight excluding hydrogens is 382 g/mol. The van der Waals surface area contributed by atoms with Gasteiger partial charge in [0.15, 0.2) is 5.96 Å². The van der Waals surface area contributed by atoms with Gasteiger partial charge in [0.25, 0.3) is 0 Å². The highest BCUT2D eigenvalue weighted by Crippen LogP contribution is 2.27. The minimum absolute atomic E-state index is 0.0480. The zero-order valence-corrected chi connectivity index (χ0v) is 18.6. The smallest absolute Gasteiger partial charge is 0.225 e. The third-order valence-corrected chi connectivity index (χ3v) is 6.33. The number of nitrogens with zero attached hydrogens (tertiary/aromatic N) is 5. The molecule has 29 heavy (non-hydrogen) atoms. The van der Waals surface area contributed by atoms with Gasteiger partial charge in [-0.3, -0.25) is 9.89 Å². The van der Waals surface area contributed by atoms with Gasteiger partial charge < -0.3 is 15.5 Å². The molecule has 3 heterocycles. The summed E-state index contributed by atoms with van der Waals surface area (Å²) in [5.41, 5.74) is 0.0480. The fourth-order valence-corrected chi connectivity index (χ4v) is 4.16. The molecule has 0 unspecified atom stereocenters. The van der Waals surface area contributed by atoms with E-state index in [0.717, 1.165) is 64.3 Å². The SMILES string of the molecule is CCNC(=NCC(C)(C)c1cccs1)NCCN1CCN(c2ncccn2)CC1. The van der Waals surface area contributed by atoms with Gasteiger partial charge in [-0.2, -0.15) is 0 Å². The van der Waals surface area contributed by atoms with Crippen LogP contribution in [-0.4, -0.2) is 73.2 Å². The molecule has 1 saturated heterocycles. The van der Waals surface area contributed by atoms with Crippen molar-refractivity contribution in [2.24, 2.45) is 4.99 Å². The molecule has 0 spiro atoms. The molecule has 0 radical (unpaired) electrons. The summed E-state index contributed by atoms with van der Waals surface area (Å²) in [5, 5.41) is 8.99. The van der Waals surface area contributed by atoms with Crippen LogP contribution in [0.15, 0.2) is 41.0 Å². The van der Waals surface area contributed by atoms with Crippen LogP contribution >= 0.6 is 11.3 Å². The molecule has 8 heteroatoms. The van der Waals surface area contributed by atoms with E-state index in [1.165, 1.54) is 4.88 Å². The van der Waals surface area contributed by atoms with Gasteiger partial charge in [-0.1, -0.05) is 19.9 Å². The van der Waals surface area contributed by atoms with Crippen molar-refractivity contribution >= 4 is 23.2 Å². The topological polar surface area (TPSA) is 68.7 Å². The van der Waals surface area contributed by atoms with Crippen molar-refractivity contribution in [2.75, 3.05) is 57.3 Å². The van der Waals surface area contributed by atoms with Crippen molar-refractivity contribution in [1.29, 1.82) is 0 Å². The monoisotopic (exact) mass is 415 g/mol. The van der Waals surface area contributed by atoms with E-state index in [2.05, 4.69) is 68.7 Å². The molecule has 2 N–H and O–H groups in total. The maximum Gasteiger partial charge on any atom is 0.225 e. The summed E-state index contributed by atoms with van der Waals surface area (Å²) in [6.45, 7) is 14.1. The minimum atomic E-state index is 0.0480. The Labute approximate surface area is 178 Å². The molecule has 3 rings (SSSR count). The van der Waals surface area contributed by atoms with Crippen LogP contribution in [0.1, 0.15) is 25.6 Å². The van der Waals surface area contributed by atoms with Crippen LogP contribution in [0.5, 0.6) is 0 Å². The molecule has 2 aromatic heterocycles. The fraction of sp³-hybridized carbons (Fsp3) is 0.571. The molecule has 2 aromatic rings. The molecule has 1 aliphatic heterocycles. The Bertz CT molecular complexity index is 738. The van der Waals surface area contributed by atoms with Gasteiger partial charge in [-0.15, -0.1) is 11.3 Å². The summed E-state index contributed by atoms with van der Waals surface area (Å²) in [6, 6.07) is 6.16. The van der Waals surface area contributed by atoms with Crippen LogP contribution in [0.2, 0.25) is 0 Å². The number of hydrogen-bond donors (Lipinski definition) is 2. The molecule has 0 bridgehead atoms. The molecule has 158 valence electrons. The number of aliphatic imine (C=N–C) groups is 1.